The van der Waals surface area contributed by atoms with E-state index < -0.39 is 5.41 Å². The molecule has 0 spiro atoms. The number of hydrogen-bond donors (Lipinski definition) is 0. The van der Waals surface area contributed by atoms with Crippen LogP contribution in [0.1, 0.15) is 58.2 Å². The molecule has 11 rings (SSSR count). The monoisotopic (exact) mass is 819 g/mol. The third-order valence-corrected chi connectivity index (χ3v) is 13.7. The van der Waals surface area contributed by atoms with Crippen molar-refractivity contribution in [1.29, 1.82) is 0 Å². The smallest absolute Gasteiger partial charge is 0.0713 e. The first-order chi connectivity index (χ1) is 31.6. The van der Waals surface area contributed by atoms with E-state index in [2.05, 4.69) is 231 Å². The van der Waals surface area contributed by atoms with E-state index in [0.29, 0.717) is 0 Å². The summed E-state index contributed by atoms with van der Waals surface area (Å²) in [6.45, 7) is 10.6. The van der Waals surface area contributed by atoms with Crippen molar-refractivity contribution in [3.63, 3.8) is 0 Å². The molecular weight excluding hydrogens is 771 g/mol. The minimum Gasteiger partial charge on any atom is -0.309 e. The largest absolute Gasteiger partial charge is 0.309 e. The van der Waals surface area contributed by atoms with Crippen LogP contribution in [-0.4, -0.2) is 4.57 Å². The zero-order valence-electron chi connectivity index (χ0n) is 36.3. The van der Waals surface area contributed by atoms with E-state index in [-0.39, 0.29) is 0 Å². The highest BCUT2D eigenvalue weighted by Gasteiger charge is 2.47. The highest BCUT2D eigenvalue weighted by molar-refractivity contribution is 6.18. The molecule has 1 heterocycles. The number of benzene rings is 7. The summed E-state index contributed by atoms with van der Waals surface area (Å²) in [5.74, 6) is 0. The molecule has 0 bridgehead atoms. The Hall–Kier alpha value is -7.74. The van der Waals surface area contributed by atoms with Crippen molar-refractivity contribution < 1.29 is 0 Å². The summed E-state index contributed by atoms with van der Waals surface area (Å²) in [5.41, 5.74) is 21.4. The van der Waals surface area contributed by atoms with Gasteiger partial charge in [0.2, 0.25) is 0 Å². The van der Waals surface area contributed by atoms with Gasteiger partial charge in [0.15, 0.2) is 0 Å². The molecule has 306 valence electrons. The van der Waals surface area contributed by atoms with Crippen LogP contribution in [-0.2, 0) is 5.41 Å². The number of hydrogen-bond acceptors (Lipinski definition) is 0. The zero-order chi connectivity index (χ0) is 43.2. The summed E-state index contributed by atoms with van der Waals surface area (Å²) in [5, 5.41) is 2.51. The Morgan fingerprint density at radius 3 is 2.06 bits per heavy atom. The summed E-state index contributed by atoms with van der Waals surface area (Å²) in [6, 6.07) is 59.3. The first-order valence-electron chi connectivity index (χ1n) is 22.5. The zero-order valence-corrected chi connectivity index (χ0v) is 36.3. The fourth-order valence-electron chi connectivity index (χ4n) is 10.7. The molecule has 7 aromatic carbocycles. The van der Waals surface area contributed by atoms with Crippen molar-refractivity contribution in [2.45, 2.75) is 31.6 Å². The molecule has 0 aliphatic heterocycles. The first-order valence-corrected chi connectivity index (χ1v) is 22.5. The molecule has 8 aromatic rings. The first kappa shape index (κ1) is 39.1. The third-order valence-electron chi connectivity index (χ3n) is 13.7. The van der Waals surface area contributed by atoms with Crippen LogP contribution in [0.5, 0.6) is 0 Å². The van der Waals surface area contributed by atoms with Crippen molar-refractivity contribution >= 4 is 33.0 Å². The Labute approximate surface area is 377 Å². The molecule has 0 saturated carbocycles. The van der Waals surface area contributed by atoms with E-state index in [9.17, 15) is 0 Å². The Kier molecular flexibility index (Phi) is 9.90. The molecule has 0 saturated heterocycles. The van der Waals surface area contributed by atoms with Gasteiger partial charge in [-0.3, -0.25) is 0 Å². The fraction of sp³-hybridized carbons (Fsp3) is 0.0794. The highest BCUT2D eigenvalue weighted by Crippen LogP contribution is 2.59. The van der Waals surface area contributed by atoms with Crippen LogP contribution >= 0.6 is 0 Å². The topological polar surface area (TPSA) is 4.93 Å². The van der Waals surface area contributed by atoms with Crippen molar-refractivity contribution in [2.75, 3.05) is 0 Å². The second-order valence-corrected chi connectivity index (χ2v) is 17.2. The minimum absolute atomic E-state index is 0.563. The van der Waals surface area contributed by atoms with Crippen molar-refractivity contribution in [3.05, 3.63) is 282 Å². The van der Waals surface area contributed by atoms with Crippen LogP contribution < -0.4 is 0 Å². The quantitative estimate of drug-likeness (QED) is 0.128. The number of para-hydroxylation sites is 1. The van der Waals surface area contributed by atoms with Gasteiger partial charge in [0.1, 0.15) is 0 Å². The fourth-order valence-corrected chi connectivity index (χ4v) is 10.7. The Bertz CT molecular complexity index is 3340. The van der Waals surface area contributed by atoms with E-state index in [1.54, 1.807) is 0 Å². The van der Waals surface area contributed by atoms with Crippen molar-refractivity contribution in [2.24, 2.45) is 0 Å². The van der Waals surface area contributed by atoms with Crippen LogP contribution in [0, 0.1) is 6.92 Å². The van der Waals surface area contributed by atoms with Gasteiger partial charge >= 0.3 is 0 Å². The molecule has 0 amide bonds. The Morgan fingerprint density at radius 2 is 1.33 bits per heavy atom. The van der Waals surface area contributed by atoms with Gasteiger partial charge in [-0.2, -0.15) is 0 Å². The number of aryl methyl sites for hydroxylation is 1. The normalized spacial score (nSPS) is 16.8. The van der Waals surface area contributed by atoms with Gasteiger partial charge in [0.25, 0.3) is 0 Å². The Balaban J connectivity index is 1.17. The molecule has 1 atom stereocenters. The molecule has 1 unspecified atom stereocenters. The second kappa shape index (κ2) is 16.2. The lowest BCUT2D eigenvalue weighted by Gasteiger charge is -2.34. The lowest BCUT2D eigenvalue weighted by molar-refractivity contribution is 0.769. The SMILES string of the molecule is C=CC(C=C)=C(/C=C1/C=CC=CC1)c1cc(-n2c3ccccc3c3c4c(ccc32)C(c2ccc(C3=CCCC=C3)cc2)(c2ccc(-c3ccccc3)cc2)c2ccccc2-4)ccc1C. The average Bonchev–Trinajstić information content (AvgIpc) is 3.86. The maximum absolute atomic E-state index is 4.21. The molecule has 3 aliphatic rings. The van der Waals surface area contributed by atoms with Gasteiger partial charge < -0.3 is 4.57 Å². The van der Waals surface area contributed by atoms with Crippen molar-refractivity contribution in [1.82, 2.24) is 4.57 Å². The van der Waals surface area contributed by atoms with Crippen LogP contribution in [0.2, 0.25) is 0 Å². The van der Waals surface area contributed by atoms with Crippen molar-refractivity contribution in [3.8, 4) is 27.9 Å². The van der Waals surface area contributed by atoms with Crippen LogP contribution in [0.25, 0.3) is 60.9 Å². The van der Waals surface area contributed by atoms with Gasteiger partial charge in [0.05, 0.1) is 16.4 Å². The maximum atomic E-state index is 4.21. The van der Waals surface area contributed by atoms with E-state index in [1.807, 2.05) is 12.2 Å². The van der Waals surface area contributed by atoms with Gasteiger partial charge in [-0.25, -0.2) is 0 Å². The van der Waals surface area contributed by atoms with Crippen LogP contribution in [0.15, 0.2) is 243 Å². The second-order valence-electron chi connectivity index (χ2n) is 17.2. The molecule has 3 aliphatic carbocycles. The van der Waals surface area contributed by atoms with E-state index in [4.69, 9.17) is 0 Å². The number of rotatable bonds is 9. The number of aromatic nitrogens is 1. The Morgan fingerprint density at radius 1 is 0.609 bits per heavy atom. The standard InChI is InChI=1S/C63H49N/c1-4-45(5-2)56(41-44-19-9-6-10-20-44)55-42-52(38-29-43(55)3)64-59-28-18-16-26-54(59)62-60(64)40-39-58-61(62)53-25-15-17-27-57(53)63(58,50-34-30-48(31-35-50)46-21-11-7-12-22-46)51-36-32-49(33-37-51)47-23-13-8-14-24-47/h4-7,9-13,15-19,21-42H,1-2,8,14,20H2,3H3/b44-41-. The van der Waals surface area contributed by atoms with Gasteiger partial charge in [-0.1, -0.05) is 207 Å². The van der Waals surface area contributed by atoms with Gasteiger partial charge in [-0.15, -0.1) is 0 Å². The number of fused-ring (bicyclic) bond motifs is 7. The van der Waals surface area contributed by atoms with Gasteiger partial charge in [-0.05, 0) is 134 Å². The molecule has 1 nitrogen and oxygen atoms in total. The molecule has 64 heavy (non-hydrogen) atoms. The summed E-state index contributed by atoms with van der Waals surface area (Å²) in [4.78, 5) is 0. The molecule has 0 radical (unpaired) electrons. The summed E-state index contributed by atoms with van der Waals surface area (Å²) in [6.07, 6.45) is 24.8. The van der Waals surface area contributed by atoms with E-state index >= 15 is 0 Å². The third kappa shape index (κ3) is 6.30. The van der Waals surface area contributed by atoms with E-state index in [0.717, 1.165) is 36.1 Å². The molecular formula is C63H49N. The lowest BCUT2D eigenvalue weighted by Crippen LogP contribution is -2.28. The van der Waals surface area contributed by atoms with E-state index in [1.165, 1.54) is 94.2 Å². The summed E-state index contributed by atoms with van der Waals surface area (Å²) < 4.78 is 2.47. The molecule has 0 fully saturated rings. The number of nitrogens with zero attached hydrogens (tertiary/aromatic N) is 1. The van der Waals surface area contributed by atoms with Crippen LogP contribution in [0.4, 0.5) is 0 Å². The summed E-state index contributed by atoms with van der Waals surface area (Å²) in [7, 11) is 0. The molecule has 1 heteroatoms. The molecule has 0 N–H and O–H groups in total. The molecule has 1 aromatic heterocycles. The predicted octanol–water partition coefficient (Wildman–Crippen LogP) is 16.4. The number of allylic oxidation sites excluding steroid dienone is 14. The predicted molar refractivity (Wildman–Crippen MR) is 273 cm³/mol. The highest BCUT2D eigenvalue weighted by atomic mass is 15.0. The maximum Gasteiger partial charge on any atom is 0.0713 e. The van der Waals surface area contributed by atoms with Crippen LogP contribution in [0.3, 0.4) is 0 Å². The van der Waals surface area contributed by atoms with Gasteiger partial charge in [0, 0.05) is 16.5 Å². The lowest BCUT2D eigenvalue weighted by atomic mass is 9.67. The summed E-state index contributed by atoms with van der Waals surface area (Å²) >= 11 is 0. The average molecular weight is 820 g/mol. The minimum atomic E-state index is -0.563.